The highest BCUT2D eigenvalue weighted by Gasteiger charge is 2.26. The number of rotatable bonds is 4. The lowest BCUT2D eigenvalue weighted by Crippen LogP contribution is -2.21. The van der Waals surface area contributed by atoms with E-state index < -0.39 is 0 Å². The summed E-state index contributed by atoms with van der Waals surface area (Å²) in [4.78, 5) is 16.6. The Balaban J connectivity index is 1.81. The Kier molecular flexibility index (Phi) is 3.64. The van der Waals surface area contributed by atoms with Crippen molar-refractivity contribution in [2.75, 3.05) is 0 Å². The lowest BCUT2D eigenvalue weighted by atomic mass is 9.84. The monoisotopic (exact) mass is 332 g/mol. The Morgan fingerprint density at radius 1 is 0.880 bits per heavy atom. The minimum absolute atomic E-state index is 0.0905. The van der Waals surface area contributed by atoms with E-state index in [4.69, 9.17) is 9.97 Å². The molecule has 2 heterocycles. The van der Waals surface area contributed by atoms with Crippen molar-refractivity contribution in [3.63, 3.8) is 0 Å². The van der Waals surface area contributed by atoms with Crippen LogP contribution in [0.5, 0.6) is 0 Å². The van der Waals surface area contributed by atoms with Gasteiger partial charge in [0.05, 0.1) is 22.1 Å². The van der Waals surface area contributed by atoms with Crippen molar-refractivity contribution in [2.45, 2.75) is 46.0 Å². The molecule has 0 aliphatic rings. The number of aromatic nitrogens is 4. The van der Waals surface area contributed by atoms with Gasteiger partial charge in [-0.25, -0.2) is 9.97 Å². The number of benzene rings is 2. The zero-order valence-corrected chi connectivity index (χ0v) is 15.3. The first-order chi connectivity index (χ1) is 12.0. The van der Waals surface area contributed by atoms with Gasteiger partial charge in [-0.3, -0.25) is 0 Å². The van der Waals surface area contributed by atoms with E-state index in [2.05, 4.69) is 74.1 Å². The van der Waals surface area contributed by atoms with Gasteiger partial charge in [0, 0.05) is 11.0 Å². The third-order valence-corrected chi connectivity index (χ3v) is 5.54. The van der Waals surface area contributed by atoms with E-state index >= 15 is 0 Å². The Morgan fingerprint density at radius 3 is 2.20 bits per heavy atom. The van der Waals surface area contributed by atoms with Crippen LogP contribution < -0.4 is 0 Å². The number of nitrogens with zero attached hydrogens (tertiary/aromatic N) is 2. The molecular weight excluding hydrogens is 308 g/mol. The molecule has 0 saturated heterocycles. The molecule has 0 aliphatic heterocycles. The highest BCUT2D eigenvalue weighted by molar-refractivity contribution is 5.92. The smallest absolute Gasteiger partial charge is 0.138 e. The Morgan fingerprint density at radius 2 is 1.52 bits per heavy atom. The van der Waals surface area contributed by atoms with Gasteiger partial charge in [0.1, 0.15) is 11.6 Å². The van der Waals surface area contributed by atoms with Crippen molar-refractivity contribution < 1.29 is 0 Å². The van der Waals surface area contributed by atoms with Gasteiger partial charge in [0.25, 0.3) is 0 Å². The summed E-state index contributed by atoms with van der Waals surface area (Å²) in [5.74, 6) is 1.97. The number of H-pyrrole nitrogens is 2. The summed E-state index contributed by atoms with van der Waals surface area (Å²) >= 11 is 0. The molecule has 0 bridgehead atoms. The number of hydrogen-bond acceptors (Lipinski definition) is 2. The van der Waals surface area contributed by atoms with Crippen LogP contribution in [0, 0.1) is 6.92 Å². The second kappa shape index (κ2) is 5.73. The van der Waals surface area contributed by atoms with Gasteiger partial charge in [0.15, 0.2) is 0 Å². The highest BCUT2D eigenvalue weighted by Crippen LogP contribution is 2.31. The quantitative estimate of drug-likeness (QED) is 0.519. The third-order valence-electron chi connectivity index (χ3n) is 5.54. The molecule has 2 N–H and O–H groups in total. The van der Waals surface area contributed by atoms with Gasteiger partial charge in [0.2, 0.25) is 0 Å². The van der Waals surface area contributed by atoms with Crippen LogP contribution in [0.25, 0.3) is 33.5 Å². The predicted octanol–water partition coefficient (Wildman–Crippen LogP) is 5.49. The van der Waals surface area contributed by atoms with Gasteiger partial charge in [-0.15, -0.1) is 0 Å². The molecule has 4 rings (SSSR count). The molecule has 25 heavy (non-hydrogen) atoms. The first-order valence-corrected chi connectivity index (χ1v) is 8.99. The van der Waals surface area contributed by atoms with E-state index in [0.717, 1.165) is 52.1 Å². The van der Waals surface area contributed by atoms with E-state index in [1.54, 1.807) is 0 Å². The maximum Gasteiger partial charge on any atom is 0.138 e. The van der Waals surface area contributed by atoms with Crippen LogP contribution in [0.1, 0.15) is 45.0 Å². The summed E-state index contributed by atoms with van der Waals surface area (Å²) in [5.41, 5.74) is 6.48. The van der Waals surface area contributed by atoms with Crippen LogP contribution in [0.4, 0.5) is 0 Å². The molecule has 0 radical (unpaired) electrons. The molecule has 4 nitrogen and oxygen atoms in total. The number of imidazole rings is 2. The highest BCUT2D eigenvalue weighted by atomic mass is 15.0. The summed E-state index contributed by atoms with van der Waals surface area (Å²) in [6.45, 7) is 8.80. The number of aryl methyl sites for hydroxylation is 1. The molecule has 0 aliphatic carbocycles. The number of aromatic amines is 2. The fourth-order valence-corrected chi connectivity index (χ4v) is 3.23. The van der Waals surface area contributed by atoms with E-state index in [1.807, 2.05) is 0 Å². The van der Waals surface area contributed by atoms with Crippen molar-refractivity contribution in [3.05, 3.63) is 47.8 Å². The first kappa shape index (κ1) is 15.9. The Bertz CT molecular complexity index is 982. The Labute approximate surface area is 147 Å². The SMILES string of the molecule is CCC(C)(CC)c1nc2cc3nc(-c4ccc(C)cc4)[nH]c3cc2[nH]1. The minimum Gasteiger partial charge on any atom is -0.341 e. The summed E-state index contributed by atoms with van der Waals surface area (Å²) in [7, 11) is 0. The largest absolute Gasteiger partial charge is 0.341 e. The van der Waals surface area contributed by atoms with Crippen LogP contribution in [0.2, 0.25) is 0 Å². The number of fused-ring (bicyclic) bond motifs is 2. The van der Waals surface area contributed by atoms with Crippen LogP contribution in [0.3, 0.4) is 0 Å². The number of nitrogens with one attached hydrogen (secondary N) is 2. The fourth-order valence-electron chi connectivity index (χ4n) is 3.23. The average Bonchev–Trinajstić information content (AvgIpc) is 3.22. The molecule has 0 saturated carbocycles. The standard InChI is InChI=1S/C21H24N4/c1-5-21(4,6-2)20-24-17-11-15-16(12-18(17)25-20)23-19(22-15)14-9-7-13(3)8-10-14/h7-12H,5-6H2,1-4H3,(H,22,23)(H,24,25). The summed E-state index contributed by atoms with van der Waals surface area (Å²) < 4.78 is 0. The van der Waals surface area contributed by atoms with E-state index in [1.165, 1.54) is 5.56 Å². The zero-order chi connectivity index (χ0) is 17.6. The van der Waals surface area contributed by atoms with Crippen molar-refractivity contribution in [1.82, 2.24) is 19.9 Å². The van der Waals surface area contributed by atoms with E-state index in [9.17, 15) is 0 Å². The van der Waals surface area contributed by atoms with Gasteiger partial charge in [-0.1, -0.05) is 50.6 Å². The van der Waals surface area contributed by atoms with Crippen molar-refractivity contribution in [3.8, 4) is 11.4 Å². The van der Waals surface area contributed by atoms with Gasteiger partial charge < -0.3 is 9.97 Å². The minimum atomic E-state index is 0.0905. The molecule has 2 aromatic heterocycles. The summed E-state index contributed by atoms with van der Waals surface area (Å²) in [6, 6.07) is 12.6. The fraction of sp³-hybridized carbons (Fsp3) is 0.333. The van der Waals surface area contributed by atoms with E-state index in [-0.39, 0.29) is 5.41 Å². The lowest BCUT2D eigenvalue weighted by Gasteiger charge is -2.23. The molecule has 0 atom stereocenters. The van der Waals surface area contributed by atoms with Crippen molar-refractivity contribution in [2.24, 2.45) is 0 Å². The van der Waals surface area contributed by atoms with Crippen LogP contribution in [-0.2, 0) is 5.41 Å². The average molecular weight is 332 g/mol. The van der Waals surface area contributed by atoms with Gasteiger partial charge in [-0.2, -0.15) is 0 Å². The Hall–Kier alpha value is -2.62. The molecule has 0 amide bonds. The predicted molar refractivity (Wildman–Crippen MR) is 104 cm³/mol. The lowest BCUT2D eigenvalue weighted by molar-refractivity contribution is 0.416. The molecule has 0 fully saturated rings. The van der Waals surface area contributed by atoms with Gasteiger partial charge in [-0.05, 0) is 31.9 Å². The van der Waals surface area contributed by atoms with Crippen LogP contribution >= 0.6 is 0 Å². The molecule has 4 heteroatoms. The number of hydrogen-bond donors (Lipinski definition) is 2. The second-order valence-corrected chi connectivity index (χ2v) is 7.19. The molecule has 0 unspecified atom stereocenters. The molecule has 2 aromatic carbocycles. The zero-order valence-electron chi connectivity index (χ0n) is 15.3. The van der Waals surface area contributed by atoms with E-state index in [0.29, 0.717) is 0 Å². The second-order valence-electron chi connectivity index (χ2n) is 7.19. The van der Waals surface area contributed by atoms with Crippen LogP contribution in [0.15, 0.2) is 36.4 Å². The molecule has 0 spiro atoms. The maximum absolute atomic E-state index is 4.86. The molecule has 128 valence electrons. The molecular formula is C21H24N4. The summed E-state index contributed by atoms with van der Waals surface area (Å²) in [5, 5.41) is 0. The normalized spacial score (nSPS) is 12.3. The van der Waals surface area contributed by atoms with Gasteiger partial charge >= 0.3 is 0 Å². The van der Waals surface area contributed by atoms with Crippen molar-refractivity contribution >= 4 is 22.1 Å². The molecule has 4 aromatic rings. The van der Waals surface area contributed by atoms with Crippen LogP contribution in [-0.4, -0.2) is 19.9 Å². The van der Waals surface area contributed by atoms with Crippen molar-refractivity contribution in [1.29, 1.82) is 0 Å². The maximum atomic E-state index is 4.86. The first-order valence-electron chi connectivity index (χ1n) is 8.99. The third kappa shape index (κ3) is 2.62. The topological polar surface area (TPSA) is 57.4 Å². The summed E-state index contributed by atoms with van der Waals surface area (Å²) in [6.07, 6.45) is 2.13.